The van der Waals surface area contributed by atoms with Crippen LogP contribution in [-0.2, 0) is 0 Å². The number of aromatic nitrogens is 4. The molecule has 114 valence electrons. The molecule has 0 aliphatic carbocycles. The Morgan fingerprint density at radius 3 is 2.95 bits per heavy atom. The van der Waals surface area contributed by atoms with Crippen LogP contribution < -0.4 is 4.74 Å². The molecule has 0 bridgehead atoms. The lowest BCUT2D eigenvalue weighted by molar-refractivity contribution is 0.0522. The second kappa shape index (κ2) is 6.46. The Hall–Kier alpha value is -2.57. The summed E-state index contributed by atoms with van der Waals surface area (Å²) in [5.74, 6) is 0.424. The summed E-state index contributed by atoms with van der Waals surface area (Å²) in [7, 11) is 0. The van der Waals surface area contributed by atoms with Crippen LogP contribution in [0.5, 0.6) is 5.88 Å². The lowest BCUT2D eigenvalue weighted by Gasteiger charge is -2.32. The van der Waals surface area contributed by atoms with Crippen LogP contribution >= 0.6 is 0 Å². The second-order valence-electron chi connectivity index (χ2n) is 5.22. The van der Waals surface area contributed by atoms with E-state index in [1.165, 1.54) is 12.5 Å². The van der Waals surface area contributed by atoms with Crippen molar-refractivity contribution in [3.63, 3.8) is 0 Å². The molecule has 0 aromatic carbocycles. The quantitative estimate of drug-likeness (QED) is 0.848. The fraction of sp³-hybridized carbons (Fsp3) is 0.400. The average molecular weight is 299 g/mol. The molecule has 0 spiro atoms. The molecule has 1 unspecified atom stereocenters. The molecule has 1 amide bonds. The van der Waals surface area contributed by atoms with E-state index in [-0.39, 0.29) is 12.0 Å². The molecule has 7 heteroatoms. The second-order valence-corrected chi connectivity index (χ2v) is 5.22. The largest absolute Gasteiger partial charge is 0.472 e. The lowest BCUT2D eigenvalue weighted by atomic mass is 10.1. The highest BCUT2D eigenvalue weighted by atomic mass is 16.5. The van der Waals surface area contributed by atoms with Crippen molar-refractivity contribution in [2.24, 2.45) is 0 Å². The van der Waals surface area contributed by atoms with Gasteiger partial charge < -0.3 is 9.64 Å². The fourth-order valence-corrected chi connectivity index (χ4v) is 2.40. The summed E-state index contributed by atoms with van der Waals surface area (Å²) in [6, 6.07) is 1.71. The van der Waals surface area contributed by atoms with Gasteiger partial charge in [-0.1, -0.05) is 0 Å². The van der Waals surface area contributed by atoms with E-state index >= 15 is 0 Å². The van der Waals surface area contributed by atoms with Gasteiger partial charge in [-0.2, -0.15) is 0 Å². The van der Waals surface area contributed by atoms with E-state index in [1.807, 2.05) is 6.92 Å². The Morgan fingerprint density at radius 2 is 2.23 bits per heavy atom. The van der Waals surface area contributed by atoms with E-state index in [0.717, 1.165) is 18.5 Å². The molecule has 2 aromatic rings. The Balaban J connectivity index is 1.65. The highest BCUT2D eigenvalue weighted by molar-refractivity contribution is 5.92. The zero-order valence-corrected chi connectivity index (χ0v) is 12.3. The smallest absolute Gasteiger partial charge is 0.274 e. The Morgan fingerprint density at radius 1 is 1.32 bits per heavy atom. The van der Waals surface area contributed by atoms with Crippen molar-refractivity contribution in [1.29, 1.82) is 0 Å². The van der Waals surface area contributed by atoms with Gasteiger partial charge in [0.15, 0.2) is 0 Å². The molecule has 1 aliphatic heterocycles. The van der Waals surface area contributed by atoms with Gasteiger partial charge in [0.1, 0.15) is 18.1 Å². The number of likely N-dealkylation sites (tertiary alicyclic amines) is 1. The van der Waals surface area contributed by atoms with Crippen molar-refractivity contribution in [2.75, 3.05) is 13.1 Å². The SMILES string of the molecule is Cc1cnc(C(=O)N2CCCC(Oc3ccncn3)C2)cn1. The minimum atomic E-state index is -0.108. The predicted molar refractivity (Wildman–Crippen MR) is 78.4 cm³/mol. The Bertz CT molecular complexity index is 632. The summed E-state index contributed by atoms with van der Waals surface area (Å²) in [5.41, 5.74) is 1.16. The number of carbonyl (C=O) groups is 1. The van der Waals surface area contributed by atoms with E-state index in [2.05, 4.69) is 19.9 Å². The Labute approximate surface area is 128 Å². The molecule has 1 aliphatic rings. The molecule has 1 saturated heterocycles. The van der Waals surface area contributed by atoms with Gasteiger partial charge in [-0.05, 0) is 19.8 Å². The molecule has 1 atom stereocenters. The molecular formula is C15H17N5O2. The van der Waals surface area contributed by atoms with Gasteiger partial charge in [0.2, 0.25) is 5.88 Å². The molecule has 2 aromatic heterocycles. The van der Waals surface area contributed by atoms with E-state index in [1.54, 1.807) is 23.4 Å². The van der Waals surface area contributed by atoms with Crippen LogP contribution in [0.3, 0.4) is 0 Å². The van der Waals surface area contributed by atoms with Gasteiger partial charge in [-0.3, -0.25) is 9.78 Å². The first-order valence-electron chi connectivity index (χ1n) is 7.23. The van der Waals surface area contributed by atoms with Crippen molar-refractivity contribution in [1.82, 2.24) is 24.8 Å². The summed E-state index contributed by atoms with van der Waals surface area (Å²) < 4.78 is 5.81. The molecule has 1 fully saturated rings. The zero-order valence-electron chi connectivity index (χ0n) is 12.3. The van der Waals surface area contributed by atoms with Crippen molar-refractivity contribution >= 4 is 5.91 Å². The number of nitrogens with zero attached hydrogens (tertiary/aromatic N) is 5. The monoisotopic (exact) mass is 299 g/mol. The maximum absolute atomic E-state index is 12.5. The van der Waals surface area contributed by atoms with Gasteiger partial charge in [0, 0.05) is 25.0 Å². The molecule has 22 heavy (non-hydrogen) atoms. The highest BCUT2D eigenvalue weighted by Gasteiger charge is 2.26. The van der Waals surface area contributed by atoms with E-state index in [0.29, 0.717) is 24.7 Å². The van der Waals surface area contributed by atoms with Crippen molar-refractivity contribution in [3.8, 4) is 5.88 Å². The first kappa shape index (κ1) is 14.4. The van der Waals surface area contributed by atoms with Crippen LogP contribution in [0.2, 0.25) is 0 Å². The maximum Gasteiger partial charge on any atom is 0.274 e. The van der Waals surface area contributed by atoms with E-state index < -0.39 is 0 Å². The topological polar surface area (TPSA) is 81.1 Å². The number of ether oxygens (including phenoxy) is 1. The summed E-state index contributed by atoms with van der Waals surface area (Å²) >= 11 is 0. The molecule has 7 nitrogen and oxygen atoms in total. The normalized spacial score (nSPS) is 18.0. The molecule has 3 rings (SSSR count). The van der Waals surface area contributed by atoms with Crippen LogP contribution in [-0.4, -0.2) is 49.9 Å². The molecule has 0 N–H and O–H groups in total. The van der Waals surface area contributed by atoms with Crippen molar-refractivity contribution < 1.29 is 9.53 Å². The third-order valence-electron chi connectivity index (χ3n) is 3.51. The van der Waals surface area contributed by atoms with Gasteiger partial charge in [0.05, 0.1) is 18.4 Å². The predicted octanol–water partition coefficient (Wildman–Crippen LogP) is 1.26. The summed E-state index contributed by atoms with van der Waals surface area (Å²) in [4.78, 5) is 30.4. The number of hydrogen-bond acceptors (Lipinski definition) is 6. The average Bonchev–Trinajstić information content (AvgIpc) is 2.56. The lowest BCUT2D eigenvalue weighted by Crippen LogP contribution is -2.44. The third-order valence-corrected chi connectivity index (χ3v) is 3.51. The number of piperidine rings is 1. The van der Waals surface area contributed by atoms with E-state index in [9.17, 15) is 4.79 Å². The highest BCUT2D eigenvalue weighted by Crippen LogP contribution is 2.17. The standard InChI is InChI=1S/C15H17N5O2/c1-11-7-18-13(8-17-11)15(21)20-6-2-3-12(9-20)22-14-4-5-16-10-19-14/h4-5,7-8,10,12H,2-3,6,9H2,1H3. The molecule has 0 radical (unpaired) electrons. The van der Waals surface area contributed by atoms with Gasteiger partial charge in [0.25, 0.3) is 5.91 Å². The molecule has 0 saturated carbocycles. The van der Waals surface area contributed by atoms with E-state index in [4.69, 9.17) is 4.74 Å². The summed E-state index contributed by atoms with van der Waals surface area (Å²) in [5, 5.41) is 0. The van der Waals surface area contributed by atoms with Crippen molar-refractivity contribution in [2.45, 2.75) is 25.9 Å². The first-order valence-corrected chi connectivity index (χ1v) is 7.23. The fourth-order valence-electron chi connectivity index (χ4n) is 2.40. The van der Waals surface area contributed by atoms with Crippen LogP contribution in [0.25, 0.3) is 0 Å². The van der Waals surface area contributed by atoms with Crippen LogP contribution in [0, 0.1) is 6.92 Å². The van der Waals surface area contributed by atoms with Gasteiger partial charge in [-0.15, -0.1) is 0 Å². The van der Waals surface area contributed by atoms with Gasteiger partial charge in [-0.25, -0.2) is 15.0 Å². The van der Waals surface area contributed by atoms with Crippen LogP contribution in [0.15, 0.2) is 31.0 Å². The number of carbonyl (C=O) groups excluding carboxylic acids is 1. The van der Waals surface area contributed by atoms with Crippen LogP contribution in [0.4, 0.5) is 0 Å². The Kier molecular flexibility index (Phi) is 4.22. The third kappa shape index (κ3) is 3.36. The first-order chi connectivity index (χ1) is 10.7. The van der Waals surface area contributed by atoms with Gasteiger partial charge >= 0.3 is 0 Å². The van der Waals surface area contributed by atoms with Crippen LogP contribution in [0.1, 0.15) is 29.0 Å². The minimum absolute atomic E-state index is 0.0639. The molecule has 3 heterocycles. The number of hydrogen-bond donors (Lipinski definition) is 0. The minimum Gasteiger partial charge on any atom is -0.472 e. The maximum atomic E-state index is 12.5. The number of amides is 1. The van der Waals surface area contributed by atoms with Crippen molar-refractivity contribution in [3.05, 3.63) is 42.4 Å². The number of aryl methyl sites for hydroxylation is 1. The summed E-state index contributed by atoms with van der Waals surface area (Å²) in [6.45, 7) is 3.07. The molecular weight excluding hydrogens is 282 g/mol. The summed E-state index contributed by atoms with van der Waals surface area (Å²) in [6.07, 6.45) is 7.93. The number of rotatable bonds is 3. The zero-order chi connectivity index (χ0) is 15.4.